The summed E-state index contributed by atoms with van der Waals surface area (Å²) in [5, 5.41) is 0. The van der Waals surface area contributed by atoms with Crippen LogP contribution in [0.3, 0.4) is 0 Å². The van der Waals surface area contributed by atoms with Crippen LogP contribution in [0.1, 0.15) is 19.4 Å². The van der Waals surface area contributed by atoms with Gasteiger partial charge in [0, 0.05) is 12.5 Å². The second-order valence-corrected chi connectivity index (χ2v) is 4.71. The van der Waals surface area contributed by atoms with E-state index in [-0.39, 0.29) is 0 Å². The second-order valence-electron chi connectivity index (χ2n) is 4.71. The summed E-state index contributed by atoms with van der Waals surface area (Å²) < 4.78 is 5.24. The fraction of sp³-hybridized carbons (Fsp3) is 0.167. The molecule has 0 radical (unpaired) electrons. The Bertz CT molecular complexity index is 635. The summed E-state index contributed by atoms with van der Waals surface area (Å²) in [5.41, 5.74) is 1.99. The van der Waals surface area contributed by atoms with Gasteiger partial charge in [0.05, 0.1) is 0 Å². The number of hydrogen-bond acceptors (Lipinski definition) is 2. The minimum absolute atomic E-state index is 0.391. The summed E-state index contributed by atoms with van der Waals surface area (Å²) in [4.78, 5) is 11.2. The van der Waals surface area contributed by atoms with Gasteiger partial charge in [-0.25, -0.2) is 0 Å². The van der Waals surface area contributed by atoms with Crippen LogP contribution < -0.4 is 0 Å². The van der Waals surface area contributed by atoms with Gasteiger partial charge in [0.25, 0.3) is 0 Å². The molecule has 0 aliphatic carbocycles. The topological polar surface area (TPSA) is 26.3 Å². The van der Waals surface area contributed by atoms with Crippen LogP contribution in [0, 0.1) is 12.3 Å². The highest BCUT2D eigenvalue weighted by Gasteiger charge is 2.27. The van der Waals surface area contributed by atoms with Gasteiger partial charge < -0.3 is 4.74 Å². The molecule has 0 amide bonds. The number of terminal acetylenes is 1. The zero-order chi connectivity index (χ0) is 14.6. The predicted molar refractivity (Wildman–Crippen MR) is 79.8 cm³/mol. The van der Waals surface area contributed by atoms with E-state index in [9.17, 15) is 4.79 Å². The van der Waals surface area contributed by atoms with Gasteiger partial charge in [-0.15, -0.1) is 6.42 Å². The first-order chi connectivity index (χ1) is 9.55. The summed E-state index contributed by atoms with van der Waals surface area (Å²) >= 11 is 0. The summed E-state index contributed by atoms with van der Waals surface area (Å²) in [6, 6.07) is 17.8. The van der Waals surface area contributed by atoms with Gasteiger partial charge >= 0.3 is 5.97 Å². The van der Waals surface area contributed by atoms with Crippen molar-refractivity contribution in [3.63, 3.8) is 0 Å². The fourth-order valence-corrected chi connectivity index (χ4v) is 2.07. The van der Waals surface area contributed by atoms with Crippen LogP contribution in [0.4, 0.5) is 0 Å². The average Bonchev–Trinajstić information content (AvgIpc) is 2.47. The molecule has 1 unspecified atom stereocenters. The van der Waals surface area contributed by atoms with Crippen LogP contribution in [0.15, 0.2) is 54.6 Å². The van der Waals surface area contributed by atoms with Gasteiger partial charge in [-0.1, -0.05) is 60.5 Å². The largest absolute Gasteiger partial charge is 0.442 e. The van der Waals surface area contributed by atoms with Crippen LogP contribution in [-0.4, -0.2) is 5.97 Å². The minimum atomic E-state index is -1.03. The van der Waals surface area contributed by atoms with E-state index in [0.717, 1.165) is 16.7 Å². The molecular weight excluding hydrogens is 248 g/mol. The van der Waals surface area contributed by atoms with E-state index in [4.69, 9.17) is 11.2 Å². The van der Waals surface area contributed by atoms with Crippen molar-refractivity contribution < 1.29 is 9.53 Å². The first kappa shape index (κ1) is 13.9. The van der Waals surface area contributed by atoms with Gasteiger partial charge in [0.2, 0.25) is 0 Å². The highest BCUT2D eigenvalue weighted by molar-refractivity contribution is 5.68. The Morgan fingerprint density at radius 1 is 1.05 bits per heavy atom. The molecule has 100 valence electrons. The third-order valence-corrected chi connectivity index (χ3v) is 3.17. The lowest BCUT2D eigenvalue weighted by Crippen LogP contribution is -2.26. The molecule has 0 aromatic heterocycles. The van der Waals surface area contributed by atoms with E-state index in [0.29, 0.717) is 0 Å². The van der Waals surface area contributed by atoms with Crippen molar-refractivity contribution in [3.8, 4) is 23.5 Å². The van der Waals surface area contributed by atoms with Crippen molar-refractivity contribution in [2.75, 3.05) is 0 Å². The molecule has 0 aliphatic heterocycles. The number of carbonyl (C=O) groups excluding carboxylic acids is 1. The third kappa shape index (κ3) is 2.89. The molecule has 2 aromatic rings. The highest BCUT2D eigenvalue weighted by Crippen LogP contribution is 2.27. The Balaban J connectivity index is 2.33. The van der Waals surface area contributed by atoms with E-state index in [1.54, 1.807) is 6.92 Å². The van der Waals surface area contributed by atoms with E-state index < -0.39 is 11.6 Å². The molecule has 0 N–H and O–H groups in total. The fourth-order valence-electron chi connectivity index (χ4n) is 2.07. The molecule has 2 rings (SSSR count). The van der Waals surface area contributed by atoms with Gasteiger partial charge in [0.1, 0.15) is 0 Å². The number of rotatable bonds is 3. The zero-order valence-corrected chi connectivity index (χ0v) is 11.6. The maximum Gasteiger partial charge on any atom is 0.304 e. The van der Waals surface area contributed by atoms with Crippen molar-refractivity contribution in [2.45, 2.75) is 19.4 Å². The molecule has 1 atom stereocenters. The summed E-state index contributed by atoms with van der Waals surface area (Å²) in [6.07, 6.45) is 5.51. The Hall–Kier alpha value is -2.53. The number of carbonyl (C=O) groups is 1. The van der Waals surface area contributed by atoms with Gasteiger partial charge in [-0.05, 0) is 18.1 Å². The predicted octanol–water partition coefficient (Wildman–Crippen LogP) is 3.77. The quantitative estimate of drug-likeness (QED) is 0.623. The zero-order valence-electron chi connectivity index (χ0n) is 11.6. The van der Waals surface area contributed by atoms with Crippen LogP contribution in [0.2, 0.25) is 0 Å². The second kappa shape index (κ2) is 5.63. The van der Waals surface area contributed by atoms with Gasteiger partial charge in [0.15, 0.2) is 5.60 Å². The SMILES string of the molecule is C#CC(C)(OC(C)=O)c1ccc(-c2ccccc2)cc1. The van der Waals surface area contributed by atoms with Crippen molar-refractivity contribution in [2.24, 2.45) is 0 Å². The first-order valence-corrected chi connectivity index (χ1v) is 6.38. The monoisotopic (exact) mass is 264 g/mol. The van der Waals surface area contributed by atoms with Crippen LogP contribution in [-0.2, 0) is 15.1 Å². The molecule has 0 aliphatic rings. The Morgan fingerprint density at radius 2 is 1.60 bits per heavy atom. The number of hydrogen-bond donors (Lipinski definition) is 0. The van der Waals surface area contributed by atoms with Crippen molar-refractivity contribution in [1.29, 1.82) is 0 Å². The van der Waals surface area contributed by atoms with E-state index in [1.165, 1.54) is 6.92 Å². The van der Waals surface area contributed by atoms with E-state index in [1.807, 2.05) is 54.6 Å². The number of esters is 1. The van der Waals surface area contributed by atoms with E-state index in [2.05, 4.69) is 5.92 Å². The Morgan fingerprint density at radius 3 is 2.10 bits per heavy atom. The summed E-state index contributed by atoms with van der Waals surface area (Å²) in [6.45, 7) is 3.07. The summed E-state index contributed by atoms with van der Waals surface area (Å²) in [5.74, 6) is 2.15. The van der Waals surface area contributed by atoms with Crippen molar-refractivity contribution >= 4 is 5.97 Å². The molecule has 2 heteroatoms. The van der Waals surface area contributed by atoms with Crippen LogP contribution in [0.25, 0.3) is 11.1 Å². The standard InChI is InChI=1S/C18H16O2/c1-4-18(3,20-14(2)19)17-12-10-16(11-13-17)15-8-6-5-7-9-15/h1,5-13H,2-3H3. The van der Waals surface area contributed by atoms with Crippen LogP contribution >= 0.6 is 0 Å². The molecule has 0 saturated heterocycles. The normalized spacial score (nSPS) is 13.1. The van der Waals surface area contributed by atoms with Crippen molar-refractivity contribution in [3.05, 3.63) is 60.2 Å². The average molecular weight is 264 g/mol. The molecule has 0 fully saturated rings. The van der Waals surface area contributed by atoms with Crippen LogP contribution in [0.5, 0.6) is 0 Å². The first-order valence-electron chi connectivity index (χ1n) is 6.38. The molecule has 2 nitrogen and oxygen atoms in total. The smallest absolute Gasteiger partial charge is 0.304 e. The Kier molecular flexibility index (Phi) is 3.91. The molecule has 2 aromatic carbocycles. The number of benzene rings is 2. The lowest BCUT2D eigenvalue weighted by atomic mass is 9.94. The Labute approximate surface area is 119 Å². The molecular formula is C18H16O2. The van der Waals surface area contributed by atoms with Gasteiger partial charge in [-0.3, -0.25) is 4.79 Å². The maximum absolute atomic E-state index is 11.2. The minimum Gasteiger partial charge on any atom is -0.442 e. The highest BCUT2D eigenvalue weighted by atomic mass is 16.6. The molecule has 0 spiro atoms. The van der Waals surface area contributed by atoms with Gasteiger partial charge in [-0.2, -0.15) is 0 Å². The molecule has 0 saturated carbocycles. The van der Waals surface area contributed by atoms with E-state index >= 15 is 0 Å². The maximum atomic E-state index is 11.2. The lowest BCUT2D eigenvalue weighted by molar-refractivity contribution is -0.151. The summed E-state index contributed by atoms with van der Waals surface area (Å²) in [7, 11) is 0. The molecule has 0 heterocycles. The lowest BCUT2D eigenvalue weighted by Gasteiger charge is -2.24. The number of ether oxygens (including phenoxy) is 1. The molecule has 0 bridgehead atoms. The molecule has 20 heavy (non-hydrogen) atoms. The van der Waals surface area contributed by atoms with Crippen molar-refractivity contribution in [1.82, 2.24) is 0 Å². The third-order valence-electron chi connectivity index (χ3n) is 3.17.